The Morgan fingerprint density at radius 3 is 2.19 bits per heavy atom. The molecule has 0 bridgehead atoms. The standard InChI is InChI=1S/C16H23NO3.C2H7BO2.CH5N/c1-17(13-7-9-14(20-2)10-8-13)11-12-5-3-4-6-15(12)16(18)19;1-2-3(4)5;1-2/h7-10,12,15H,3-6,11H2,1-2H3,(H,18,19);4-5H,2H2,1H3;2H2,1H3/t12-,15-;;/m0../s1. The predicted molar refractivity (Wildman–Crippen MR) is 110 cm³/mol. The summed E-state index contributed by atoms with van der Waals surface area (Å²) < 4.78 is 5.15. The van der Waals surface area contributed by atoms with E-state index >= 15 is 0 Å². The van der Waals surface area contributed by atoms with Crippen molar-refractivity contribution in [3.05, 3.63) is 24.3 Å². The first kappa shape index (κ1) is 25.2. The van der Waals surface area contributed by atoms with Gasteiger partial charge in [-0.1, -0.05) is 19.8 Å². The minimum absolute atomic E-state index is 0.190. The first-order valence-electron chi connectivity index (χ1n) is 9.40. The first-order valence-corrected chi connectivity index (χ1v) is 9.40. The second-order valence-corrected chi connectivity index (χ2v) is 6.46. The van der Waals surface area contributed by atoms with Crippen LogP contribution in [0, 0.1) is 11.8 Å². The lowest BCUT2D eigenvalue weighted by atomic mass is 9.79. The molecule has 5 N–H and O–H groups in total. The predicted octanol–water partition coefficient (Wildman–Crippen LogP) is 2.08. The molecule has 2 rings (SSSR count). The van der Waals surface area contributed by atoms with Crippen molar-refractivity contribution in [2.45, 2.75) is 38.9 Å². The fourth-order valence-electron chi connectivity index (χ4n) is 3.05. The third-order valence-corrected chi connectivity index (χ3v) is 4.61. The molecular formula is C19H35BN2O5. The molecule has 1 aromatic carbocycles. The average molecular weight is 382 g/mol. The molecule has 7 nitrogen and oxygen atoms in total. The van der Waals surface area contributed by atoms with E-state index in [1.807, 2.05) is 31.3 Å². The van der Waals surface area contributed by atoms with E-state index in [-0.39, 0.29) is 11.8 Å². The fourth-order valence-corrected chi connectivity index (χ4v) is 3.05. The smallest absolute Gasteiger partial charge is 0.451 e. The number of aliphatic carboxylic acids is 1. The Hall–Kier alpha value is -1.77. The van der Waals surface area contributed by atoms with Gasteiger partial charge in [0.1, 0.15) is 5.75 Å². The van der Waals surface area contributed by atoms with Crippen LogP contribution in [-0.2, 0) is 4.79 Å². The van der Waals surface area contributed by atoms with Crippen LogP contribution >= 0.6 is 0 Å². The maximum atomic E-state index is 11.3. The number of ether oxygens (including phenoxy) is 1. The van der Waals surface area contributed by atoms with Crippen LogP contribution in [0.15, 0.2) is 24.3 Å². The summed E-state index contributed by atoms with van der Waals surface area (Å²) in [7, 11) is 4.06. The molecule has 8 heteroatoms. The summed E-state index contributed by atoms with van der Waals surface area (Å²) >= 11 is 0. The zero-order valence-corrected chi connectivity index (χ0v) is 17.0. The van der Waals surface area contributed by atoms with Crippen LogP contribution in [0.4, 0.5) is 5.69 Å². The zero-order valence-electron chi connectivity index (χ0n) is 17.0. The third-order valence-electron chi connectivity index (χ3n) is 4.61. The Labute approximate surface area is 163 Å². The molecule has 1 saturated carbocycles. The van der Waals surface area contributed by atoms with Gasteiger partial charge in [-0.2, -0.15) is 0 Å². The molecule has 1 aromatic rings. The molecule has 0 saturated heterocycles. The van der Waals surface area contributed by atoms with Crippen molar-refractivity contribution in [3.63, 3.8) is 0 Å². The van der Waals surface area contributed by atoms with Gasteiger partial charge in [-0.3, -0.25) is 4.79 Å². The lowest BCUT2D eigenvalue weighted by Gasteiger charge is -2.32. The summed E-state index contributed by atoms with van der Waals surface area (Å²) in [4.78, 5) is 13.5. The number of hydrogen-bond donors (Lipinski definition) is 4. The number of carbonyl (C=O) groups is 1. The van der Waals surface area contributed by atoms with Crippen LogP contribution in [0.5, 0.6) is 5.75 Å². The van der Waals surface area contributed by atoms with Crippen molar-refractivity contribution in [3.8, 4) is 5.75 Å². The number of rotatable bonds is 6. The maximum absolute atomic E-state index is 11.3. The molecule has 1 fully saturated rings. The molecule has 0 amide bonds. The first-order chi connectivity index (χ1) is 12.9. The van der Waals surface area contributed by atoms with E-state index in [4.69, 9.17) is 14.8 Å². The fraction of sp³-hybridized carbons (Fsp3) is 0.632. The molecule has 0 aromatic heterocycles. The van der Waals surface area contributed by atoms with Gasteiger partial charge in [-0.15, -0.1) is 0 Å². The summed E-state index contributed by atoms with van der Waals surface area (Å²) in [6.07, 6.45) is 4.43. The molecule has 0 spiro atoms. The molecule has 27 heavy (non-hydrogen) atoms. The number of carboxylic acid groups (broad SMARTS) is 1. The van der Waals surface area contributed by atoms with Crippen LogP contribution in [0.25, 0.3) is 0 Å². The van der Waals surface area contributed by atoms with Crippen molar-refractivity contribution >= 4 is 18.8 Å². The normalized spacial score (nSPS) is 18.2. The summed E-state index contributed by atoms with van der Waals surface area (Å²) in [5.74, 6) is 0.249. The zero-order chi connectivity index (χ0) is 20.8. The lowest BCUT2D eigenvalue weighted by Crippen LogP contribution is -2.35. The Balaban J connectivity index is 0.000000838. The minimum atomic E-state index is -1.12. The minimum Gasteiger partial charge on any atom is -0.497 e. The highest BCUT2D eigenvalue weighted by molar-refractivity contribution is 6.40. The monoisotopic (exact) mass is 382 g/mol. The van der Waals surface area contributed by atoms with E-state index in [9.17, 15) is 9.90 Å². The highest BCUT2D eigenvalue weighted by atomic mass is 16.5. The highest BCUT2D eigenvalue weighted by Gasteiger charge is 2.31. The van der Waals surface area contributed by atoms with Gasteiger partial charge in [0.2, 0.25) is 0 Å². The van der Waals surface area contributed by atoms with Gasteiger partial charge in [0, 0.05) is 19.3 Å². The van der Waals surface area contributed by atoms with Gasteiger partial charge in [0.15, 0.2) is 0 Å². The maximum Gasteiger partial charge on any atom is 0.451 e. The molecule has 2 atom stereocenters. The second kappa shape index (κ2) is 14.3. The molecule has 154 valence electrons. The van der Waals surface area contributed by atoms with Crippen molar-refractivity contribution < 1.29 is 24.7 Å². The SMILES string of the molecule is CCB(O)O.CN.COc1ccc(N(C)C[C@@H]2CCCC[C@@H]2C(=O)O)cc1. The summed E-state index contributed by atoms with van der Waals surface area (Å²) in [6, 6.07) is 7.89. The van der Waals surface area contributed by atoms with E-state index in [1.54, 1.807) is 14.0 Å². The van der Waals surface area contributed by atoms with Crippen molar-refractivity contribution in [2.75, 3.05) is 32.6 Å². The van der Waals surface area contributed by atoms with Crippen LogP contribution in [-0.4, -0.2) is 56.0 Å². The number of methoxy groups -OCH3 is 1. The van der Waals surface area contributed by atoms with E-state index < -0.39 is 13.1 Å². The molecule has 0 heterocycles. The Morgan fingerprint density at radius 1 is 1.22 bits per heavy atom. The van der Waals surface area contributed by atoms with Crippen LogP contribution in [0.1, 0.15) is 32.6 Å². The van der Waals surface area contributed by atoms with Gasteiger partial charge in [-0.05, 0) is 56.4 Å². The molecule has 1 aliphatic carbocycles. The van der Waals surface area contributed by atoms with Gasteiger partial charge < -0.3 is 30.5 Å². The van der Waals surface area contributed by atoms with E-state index in [0.29, 0.717) is 6.32 Å². The summed E-state index contributed by atoms with van der Waals surface area (Å²) in [5, 5.41) is 25.2. The van der Waals surface area contributed by atoms with E-state index in [0.717, 1.165) is 43.7 Å². The Bertz CT molecular complexity index is 513. The summed E-state index contributed by atoms with van der Waals surface area (Å²) in [5.41, 5.74) is 5.60. The van der Waals surface area contributed by atoms with Gasteiger partial charge in [0.05, 0.1) is 13.0 Å². The Kier molecular flexibility index (Phi) is 13.4. The van der Waals surface area contributed by atoms with Gasteiger partial charge >= 0.3 is 13.1 Å². The van der Waals surface area contributed by atoms with Gasteiger partial charge in [0.25, 0.3) is 0 Å². The second-order valence-electron chi connectivity index (χ2n) is 6.46. The lowest BCUT2D eigenvalue weighted by molar-refractivity contribution is -0.144. The van der Waals surface area contributed by atoms with Crippen LogP contribution in [0.3, 0.4) is 0 Å². The molecular weight excluding hydrogens is 347 g/mol. The van der Waals surface area contributed by atoms with Crippen LogP contribution in [0.2, 0.25) is 6.32 Å². The van der Waals surface area contributed by atoms with Crippen molar-refractivity contribution in [1.29, 1.82) is 0 Å². The molecule has 0 aliphatic heterocycles. The quantitative estimate of drug-likeness (QED) is 0.557. The number of anilines is 1. The van der Waals surface area contributed by atoms with E-state index in [2.05, 4.69) is 10.6 Å². The van der Waals surface area contributed by atoms with Crippen LogP contribution < -0.4 is 15.4 Å². The number of nitrogens with two attached hydrogens (primary N) is 1. The highest BCUT2D eigenvalue weighted by Crippen LogP contribution is 2.32. The average Bonchev–Trinajstić information content (AvgIpc) is 2.70. The third kappa shape index (κ3) is 9.65. The number of carboxylic acids is 1. The molecule has 0 radical (unpaired) electrons. The molecule has 0 unspecified atom stereocenters. The van der Waals surface area contributed by atoms with E-state index in [1.165, 1.54) is 7.05 Å². The number of benzene rings is 1. The summed E-state index contributed by atoms with van der Waals surface area (Å²) in [6.45, 7) is 2.49. The van der Waals surface area contributed by atoms with Crippen molar-refractivity contribution in [2.24, 2.45) is 17.6 Å². The number of hydrogen-bond acceptors (Lipinski definition) is 6. The Morgan fingerprint density at radius 2 is 1.74 bits per heavy atom. The van der Waals surface area contributed by atoms with Gasteiger partial charge in [-0.25, -0.2) is 0 Å². The number of nitrogens with zero attached hydrogens (tertiary/aromatic N) is 1. The largest absolute Gasteiger partial charge is 0.497 e. The topological polar surface area (TPSA) is 116 Å². The molecule has 1 aliphatic rings. The van der Waals surface area contributed by atoms with Crippen molar-refractivity contribution in [1.82, 2.24) is 0 Å².